The van der Waals surface area contributed by atoms with Gasteiger partial charge in [0.05, 0.1) is 12.6 Å². The Morgan fingerprint density at radius 1 is 1.16 bits per heavy atom. The molecule has 0 radical (unpaired) electrons. The first kappa shape index (κ1) is 18.6. The number of nitrogens with zero attached hydrogens (tertiary/aromatic N) is 1. The van der Waals surface area contributed by atoms with Crippen molar-refractivity contribution in [2.75, 3.05) is 20.2 Å². The number of halogens is 1. The lowest BCUT2D eigenvalue weighted by atomic mass is 10.0. The van der Waals surface area contributed by atoms with Crippen LogP contribution in [0.1, 0.15) is 28.4 Å². The van der Waals surface area contributed by atoms with Gasteiger partial charge in [-0.25, -0.2) is 4.39 Å². The van der Waals surface area contributed by atoms with Crippen LogP contribution in [0.25, 0.3) is 0 Å². The minimum absolute atomic E-state index is 0.0627. The molecule has 2 N–H and O–H groups in total. The zero-order valence-electron chi connectivity index (χ0n) is 14.0. The molecule has 2 aromatic rings. The number of aliphatic hydroxyl groups is 1. The van der Waals surface area contributed by atoms with Gasteiger partial charge in [-0.2, -0.15) is 0 Å². The van der Waals surface area contributed by atoms with Crippen molar-refractivity contribution in [1.29, 1.82) is 0 Å². The van der Waals surface area contributed by atoms with Gasteiger partial charge in [0.25, 0.3) is 5.91 Å². The van der Waals surface area contributed by atoms with E-state index in [4.69, 9.17) is 0 Å². The second-order valence-electron chi connectivity index (χ2n) is 5.64. The summed E-state index contributed by atoms with van der Waals surface area (Å²) in [5, 5.41) is 11.8. The van der Waals surface area contributed by atoms with E-state index in [9.17, 15) is 19.1 Å². The lowest BCUT2D eigenvalue weighted by Crippen LogP contribution is -2.40. The standard InChI is InChI=1S/C19H21FN2O3/c1-22(17(10-11-23)14-6-3-2-4-7-14)18(24)13-21-19(25)15-8-5-9-16(20)12-15/h2-9,12,17,23H,10-11,13H2,1H3,(H,21,25). The summed E-state index contributed by atoms with van der Waals surface area (Å²) in [6.07, 6.45) is 0.393. The molecule has 25 heavy (non-hydrogen) atoms. The molecule has 0 saturated heterocycles. The topological polar surface area (TPSA) is 69.6 Å². The fourth-order valence-corrected chi connectivity index (χ4v) is 2.57. The van der Waals surface area contributed by atoms with Crippen LogP contribution in [0.2, 0.25) is 0 Å². The molecule has 0 aromatic heterocycles. The maximum Gasteiger partial charge on any atom is 0.251 e. The SMILES string of the molecule is CN(C(=O)CNC(=O)c1cccc(F)c1)C(CCO)c1ccccc1. The fourth-order valence-electron chi connectivity index (χ4n) is 2.57. The Labute approximate surface area is 146 Å². The van der Waals surface area contributed by atoms with Crippen molar-refractivity contribution in [3.63, 3.8) is 0 Å². The molecule has 5 nitrogen and oxygen atoms in total. The summed E-state index contributed by atoms with van der Waals surface area (Å²) in [5.41, 5.74) is 1.06. The molecule has 0 aliphatic rings. The van der Waals surface area contributed by atoms with Crippen LogP contribution in [0.3, 0.4) is 0 Å². The molecule has 2 amide bonds. The van der Waals surface area contributed by atoms with Crippen LogP contribution in [-0.2, 0) is 4.79 Å². The van der Waals surface area contributed by atoms with Crippen molar-refractivity contribution >= 4 is 11.8 Å². The van der Waals surface area contributed by atoms with Crippen molar-refractivity contribution in [3.8, 4) is 0 Å². The third-order valence-electron chi connectivity index (χ3n) is 3.93. The molecule has 6 heteroatoms. The average molecular weight is 344 g/mol. The maximum absolute atomic E-state index is 13.2. The molecule has 1 atom stereocenters. The third kappa shape index (κ3) is 5.12. The van der Waals surface area contributed by atoms with Crippen LogP contribution >= 0.6 is 0 Å². The zero-order chi connectivity index (χ0) is 18.2. The van der Waals surface area contributed by atoms with Gasteiger partial charge < -0.3 is 15.3 Å². The molecule has 132 valence electrons. The zero-order valence-corrected chi connectivity index (χ0v) is 14.0. The lowest BCUT2D eigenvalue weighted by Gasteiger charge is -2.28. The molecule has 0 fully saturated rings. The highest BCUT2D eigenvalue weighted by Crippen LogP contribution is 2.22. The summed E-state index contributed by atoms with van der Waals surface area (Å²) in [6, 6.07) is 14.4. The van der Waals surface area contributed by atoms with E-state index in [1.165, 1.54) is 23.1 Å². The lowest BCUT2D eigenvalue weighted by molar-refractivity contribution is -0.131. The highest BCUT2D eigenvalue weighted by molar-refractivity contribution is 5.96. The molecule has 2 rings (SSSR count). The smallest absolute Gasteiger partial charge is 0.251 e. The van der Waals surface area contributed by atoms with E-state index < -0.39 is 11.7 Å². The Morgan fingerprint density at radius 2 is 1.88 bits per heavy atom. The van der Waals surface area contributed by atoms with Crippen LogP contribution in [0, 0.1) is 5.82 Å². The number of hydrogen-bond acceptors (Lipinski definition) is 3. The Balaban J connectivity index is 1.99. The van der Waals surface area contributed by atoms with E-state index in [1.54, 1.807) is 7.05 Å². The number of carbonyl (C=O) groups excluding carboxylic acids is 2. The molecule has 0 aliphatic heterocycles. The number of aliphatic hydroxyl groups excluding tert-OH is 1. The summed E-state index contributed by atoms with van der Waals surface area (Å²) in [7, 11) is 1.63. The number of hydrogen-bond donors (Lipinski definition) is 2. The van der Waals surface area contributed by atoms with Crippen molar-refractivity contribution in [2.24, 2.45) is 0 Å². The van der Waals surface area contributed by atoms with Crippen molar-refractivity contribution < 1.29 is 19.1 Å². The largest absolute Gasteiger partial charge is 0.396 e. The first-order valence-corrected chi connectivity index (χ1v) is 7.98. The molecule has 1 unspecified atom stereocenters. The first-order valence-electron chi connectivity index (χ1n) is 7.98. The van der Waals surface area contributed by atoms with Gasteiger partial charge in [-0.3, -0.25) is 9.59 Å². The predicted octanol–water partition coefficient (Wildman–Crippen LogP) is 2.14. The number of amides is 2. The highest BCUT2D eigenvalue weighted by atomic mass is 19.1. The molecule has 0 saturated carbocycles. The van der Waals surface area contributed by atoms with Gasteiger partial charge in [-0.05, 0) is 30.2 Å². The maximum atomic E-state index is 13.2. The van der Waals surface area contributed by atoms with E-state index in [-0.39, 0.29) is 30.7 Å². The number of benzene rings is 2. The quantitative estimate of drug-likeness (QED) is 0.808. The van der Waals surface area contributed by atoms with Gasteiger partial charge in [0, 0.05) is 19.2 Å². The Morgan fingerprint density at radius 3 is 2.52 bits per heavy atom. The third-order valence-corrected chi connectivity index (χ3v) is 3.93. The minimum atomic E-state index is -0.514. The average Bonchev–Trinajstić information content (AvgIpc) is 2.64. The summed E-state index contributed by atoms with van der Waals surface area (Å²) < 4.78 is 13.2. The Hall–Kier alpha value is -2.73. The van der Waals surface area contributed by atoms with E-state index in [1.807, 2.05) is 30.3 Å². The molecule has 0 bridgehead atoms. The van der Waals surface area contributed by atoms with Gasteiger partial charge in [0.15, 0.2) is 0 Å². The van der Waals surface area contributed by atoms with E-state index >= 15 is 0 Å². The van der Waals surface area contributed by atoms with Gasteiger partial charge in [-0.1, -0.05) is 36.4 Å². The summed E-state index contributed by atoms with van der Waals surface area (Å²) >= 11 is 0. The van der Waals surface area contributed by atoms with Crippen LogP contribution < -0.4 is 5.32 Å². The molecule has 0 aliphatic carbocycles. The molecule has 2 aromatic carbocycles. The Kier molecular flexibility index (Phi) is 6.65. The van der Waals surface area contributed by atoms with Gasteiger partial charge >= 0.3 is 0 Å². The van der Waals surface area contributed by atoms with Crippen LogP contribution in [-0.4, -0.2) is 42.0 Å². The number of rotatable bonds is 7. The molecule has 0 spiro atoms. The highest BCUT2D eigenvalue weighted by Gasteiger charge is 2.21. The number of nitrogens with one attached hydrogen (secondary N) is 1. The minimum Gasteiger partial charge on any atom is -0.396 e. The van der Waals surface area contributed by atoms with Gasteiger partial charge in [-0.15, -0.1) is 0 Å². The van der Waals surface area contributed by atoms with Crippen molar-refractivity contribution in [1.82, 2.24) is 10.2 Å². The van der Waals surface area contributed by atoms with E-state index in [0.717, 1.165) is 11.6 Å². The summed E-state index contributed by atoms with van der Waals surface area (Å²) in [5.74, 6) is -1.32. The van der Waals surface area contributed by atoms with Crippen LogP contribution in [0.15, 0.2) is 54.6 Å². The second kappa shape index (κ2) is 8.94. The normalized spacial score (nSPS) is 11.6. The van der Waals surface area contributed by atoms with Crippen molar-refractivity contribution in [3.05, 3.63) is 71.5 Å². The number of carbonyl (C=O) groups is 2. The van der Waals surface area contributed by atoms with Gasteiger partial charge in [0.1, 0.15) is 5.82 Å². The van der Waals surface area contributed by atoms with Crippen molar-refractivity contribution in [2.45, 2.75) is 12.5 Å². The monoisotopic (exact) mass is 344 g/mol. The first-order chi connectivity index (χ1) is 12.0. The molecular weight excluding hydrogens is 323 g/mol. The molecular formula is C19H21FN2O3. The second-order valence-corrected chi connectivity index (χ2v) is 5.64. The molecule has 0 heterocycles. The fraction of sp³-hybridized carbons (Fsp3) is 0.263. The van der Waals surface area contributed by atoms with E-state index in [2.05, 4.69) is 5.32 Å². The number of likely N-dealkylation sites (N-methyl/N-ethyl adjacent to an activating group) is 1. The van der Waals surface area contributed by atoms with Crippen LogP contribution in [0.5, 0.6) is 0 Å². The summed E-state index contributed by atoms with van der Waals surface area (Å²) in [4.78, 5) is 25.9. The van der Waals surface area contributed by atoms with Gasteiger partial charge in [0.2, 0.25) is 5.91 Å². The Bertz CT molecular complexity index is 722. The predicted molar refractivity (Wildman–Crippen MR) is 92.4 cm³/mol. The van der Waals surface area contributed by atoms with E-state index in [0.29, 0.717) is 6.42 Å². The van der Waals surface area contributed by atoms with Crippen LogP contribution in [0.4, 0.5) is 4.39 Å². The summed E-state index contributed by atoms with van der Waals surface area (Å²) in [6.45, 7) is -0.270.